The Labute approximate surface area is 96.7 Å². The van der Waals surface area contributed by atoms with Crippen molar-refractivity contribution < 1.29 is 0 Å². The molecule has 0 fully saturated rings. The highest BCUT2D eigenvalue weighted by Crippen LogP contribution is 2.06. The summed E-state index contributed by atoms with van der Waals surface area (Å²) in [5.74, 6) is 0. The van der Waals surface area contributed by atoms with Gasteiger partial charge in [-0.2, -0.15) is 5.10 Å². The second kappa shape index (κ2) is 3.86. The van der Waals surface area contributed by atoms with E-state index in [4.69, 9.17) is 0 Å². The fraction of sp³-hybridized carbons (Fsp3) is 0.0833. The summed E-state index contributed by atoms with van der Waals surface area (Å²) in [5, 5.41) is 4.22. The minimum Gasteiger partial charge on any atom is -0.311 e. The van der Waals surface area contributed by atoms with Gasteiger partial charge in [-0.1, -0.05) is 30.3 Å². The zero-order valence-electron chi connectivity index (χ0n) is 9.00. The minimum absolute atomic E-state index is 0.207. The van der Waals surface area contributed by atoms with Gasteiger partial charge in [0.05, 0.1) is 19.1 Å². The van der Waals surface area contributed by atoms with Crippen molar-refractivity contribution in [1.82, 2.24) is 19.7 Å². The molecule has 2 aromatic heterocycles. The van der Waals surface area contributed by atoms with Gasteiger partial charge in [0.15, 0.2) is 5.52 Å². The van der Waals surface area contributed by atoms with Crippen LogP contribution < -0.4 is 5.56 Å². The van der Waals surface area contributed by atoms with Crippen LogP contribution in [0.1, 0.15) is 5.56 Å². The average Bonchev–Trinajstić information content (AvgIpc) is 2.74. The summed E-state index contributed by atoms with van der Waals surface area (Å²) in [4.78, 5) is 18.0. The van der Waals surface area contributed by atoms with Crippen LogP contribution in [0.2, 0.25) is 0 Å². The van der Waals surface area contributed by atoms with Crippen molar-refractivity contribution in [3.8, 4) is 0 Å². The molecular weight excluding hydrogens is 216 g/mol. The zero-order valence-corrected chi connectivity index (χ0v) is 9.00. The lowest BCUT2D eigenvalue weighted by Crippen LogP contribution is -2.07. The zero-order chi connectivity index (χ0) is 11.7. The van der Waals surface area contributed by atoms with Gasteiger partial charge in [0.25, 0.3) is 5.56 Å². The first-order valence-corrected chi connectivity index (χ1v) is 5.28. The van der Waals surface area contributed by atoms with Gasteiger partial charge in [0, 0.05) is 0 Å². The average molecular weight is 226 g/mol. The van der Waals surface area contributed by atoms with Crippen LogP contribution in [0.3, 0.4) is 0 Å². The van der Waals surface area contributed by atoms with Crippen molar-refractivity contribution in [2.24, 2.45) is 0 Å². The minimum atomic E-state index is -0.207. The van der Waals surface area contributed by atoms with E-state index in [0.717, 1.165) is 5.56 Å². The first-order chi connectivity index (χ1) is 8.33. The topological polar surface area (TPSA) is 63.6 Å². The van der Waals surface area contributed by atoms with Crippen molar-refractivity contribution >= 4 is 11.0 Å². The monoisotopic (exact) mass is 226 g/mol. The van der Waals surface area contributed by atoms with Gasteiger partial charge in [-0.15, -0.1) is 0 Å². The van der Waals surface area contributed by atoms with Crippen LogP contribution in [-0.4, -0.2) is 19.7 Å². The molecule has 5 nitrogen and oxygen atoms in total. The van der Waals surface area contributed by atoms with E-state index in [1.54, 1.807) is 10.9 Å². The second-order valence-corrected chi connectivity index (χ2v) is 3.78. The maximum atomic E-state index is 11.5. The fourth-order valence-corrected chi connectivity index (χ4v) is 1.75. The number of H-pyrrole nitrogens is 1. The maximum Gasteiger partial charge on any atom is 0.279 e. The van der Waals surface area contributed by atoms with Crippen molar-refractivity contribution in [3.05, 3.63) is 58.8 Å². The molecule has 3 rings (SSSR count). The van der Waals surface area contributed by atoms with E-state index < -0.39 is 0 Å². The molecule has 0 unspecified atom stereocenters. The quantitative estimate of drug-likeness (QED) is 0.713. The molecule has 0 atom stereocenters. The predicted octanol–water partition coefficient (Wildman–Crippen LogP) is 1.17. The number of hydrogen-bond donors (Lipinski definition) is 1. The highest BCUT2D eigenvalue weighted by Gasteiger charge is 2.05. The highest BCUT2D eigenvalue weighted by molar-refractivity contribution is 5.71. The number of hydrogen-bond acceptors (Lipinski definition) is 3. The Balaban J connectivity index is 2.02. The van der Waals surface area contributed by atoms with E-state index >= 15 is 0 Å². The number of rotatable bonds is 2. The van der Waals surface area contributed by atoms with E-state index in [9.17, 15) is 4.79 Å². The van der Waals surface area contributed by atoms with Crippen molar-refractivity contribution in [2.45, 2.75) is 6.54 Å². The molecule has 0 aliphatic carbocycles. The molecule has 0 aliphatic rings. The van der Waals surface area contributed by atoms with Crippen LogP contribution >= 0.6 is 0 Å². The van der Waals surface area contributed by atoms with Gasteiger partial charge in [0.1, 0.15) is 5.52 Å². The second-order valence-electron chi connectivity index (χ2n) is 3.78. The first kappa shape index (κ1) is 9.77. The molecule has 0 bridgehead atoms. The Hall–Kier alpha value is -2.43. The molecule has 5 heteroatoms. The van der Waals surface area contributed by atoms with E-state index in [1.807, 2.05) is 30.3 Å². The molecule has 0 spiro atoms. The third kappa shape index (κ3) is 1.82. The molecule has 2 heterocycles. The summed E-state index contributed by atoms with van der Waals surface area (Å²) < 4.78 is 1.72. The van der Waals surface area contributed by atoms with Crippen molar-refractivity contribution in [3.63, 3.8) is 0 Å². The van der Waals surface area contributed by atoms with Crippen LogP contribution in [0.5, 0.6) is 0 Å². The summed E-state index contributed by atoms with van der Waals surface area (Å²) in [6.45, 7) is 0.636. The lowest BCUT2D eigenvalue weighted by Gasteiger charge is -1.99. The standard InChI is InChI=1S/C12H10N4O/c17-12-11-10(13-8-14-12)7-16(15-11)6-9-4-2-1-3-5-9/h1-5,7-8H,6H2,(H,13,14,17). The van der Waals surface area contributed by atoms with Gasteiger partial charge in [-0.3, -0.25) is 9.48 Å². The lowest BCUT2D eigenvalue weighted by molar-refractivity contribution is 0.695. The van der Waals surface area contributed by atoms with Crippen LogP contribution in [-0.2, 0) is 6.54 Å². The molecule has 0 saturated carbocycles. The number of aromatic amines is 1. The Morgan fingerprint density at radius 3 is 2.82 bits per heavy atom. The summed E-state index contributed by atoms with van der Waals surface area (Å²) in [6, 6.07) is 9.95. The molecule has 1 aromatic carbocycles. The Bertz CT molecular complexity index is 699. The summed E-state index contributed by atoms with van der Waals surface area (Å²) in [6.07, 6.45) is 3.16. The SMILES string of the molecule is O=c1[nH]cnc2cn(Cc3ccccc3)nc12. The molecule has 84 valence electrons. The Kier molecular flexibility index (Phi) is 2.22. The van der Waals surface area contributed by atoms with Crippen LogP contribution in [0, 0.1) is 0 Å². The van der Waals surface area contributed by atoms with E-state index in [0.29, 0.717) is 17.6 Å². The molecular formula is C12H10N4O. The summed E-state index contributed by atoms with van der Waals surface area (Å²) in [7, 11) is 0. The number of benzene rings is 1. The summed E-state index contributed by atoms with van der Waals surface area (Å²) >= 11 is 0. The highest BCUT2D eigenvalue weighted by atomic mass is 16.1. The van der Waals surface area contributed by atoms with E-state index in [-0.39, 0.29) is 5.56 Å². The smallest absolute Gasteiger partial charge is 0.279 e. The van der Waals surface area contributed by atoms with Crippen LogP contribution in [0.25, 0.3) is 11.0 Å². The van der Waals surface area contributed by atoms with E-state index in [1.165, 1.54) is 6.33 Å². The maximum absolute atomic E-state index is 11.5. The molecule has 3 aromatic rings. The summed E-state index contributed by atoms with van der Waals surface area (Å²) in [5.41, 5.74) is 1.92. The number of nitrogens with one attached hydrogen (secondary N) is 1. The molecule has 0 amide bonds. The van der Waals surface area contributed by atoms with Crippen molar-refractivity contribution in [2.75, 3.05) is 0 Å². The predicted molar refractivity (Wildman–Crippen MR) is 63.7 cm³/mol. The number of aromatic nitrogens is 4. The van der Waals surface area contributed by atoms with Gasteiger partial charge in [0.2, 0.25) is 0 Å². The van der Waals surface area contributed by atoms with Gasteiger partial charge in [-0.25, -0.2) is 4.98 Å². The molecule has 0 radical (unpaired) electrons. The third-order valence-electron chi connectivity index (χ3n) is 2.54. The van der Waals surface area contributed by atoms with Crippen LogP contribution in [0.4, 0.5) is 0 Å². The Morgan fingerprint density at radius 1 is 1.24 bits per heavy atom. The fourth-order valence-electron chi connectivity index (χ4n) is 1.75. The van der Waals surface area contributed by atoms with Crippen LogP contribution in [0.15, 0.2) is 47.7 Å². The lowest BCUT2D eigenvalue weighted by atomic mass is 10.2. The number of nitrogens with zero attached hydrogens (tertiary/aromatic N) is 3. The molecule has 17 heavy (non-hydrogen) atoms. The molecule has 1 N–H and O–H groups in total. The third-order valence-corrected chi connectivity index (χ3v) is 2.54. The van der Waals surface area contributed by atoms with Crippen molar-refractivity contribution in [1.29, 1.82) is 0 Å². The number of fused-ring (bicyclic) bond motifs is 1. The van der Waals surface area contributed by atoms with Gasteiger partial charge in [-0.05, 0) is 5.56 Å². The molecule has 0 aliphatic heterocycles. The largest absolute Gasteiger partial charge is 0.311 e. The van der Waals surface area contributed by atoms with E-state index in [2.05, 4.69) is 15.1 Å². The molecule has 0 saturated heterocycles. The van der Waals surface area contributed by atoms with Gasteiger partial charge >= 0.3 is 0 Å². The van der Waals surface area contributed by atoms with Gasteiger partial charge < -0.3 is 4.98 Å². The normalized spacial score (nSPS) is 10.8. The first-order valence-electron chi connectivity index (χ1n) is 5.28. The Morgan fingerprint density at radius 2 is 2.06 bits per heavy atom.